The van der Waals surface area contributed by atoms with Gasteiger partial charge in [-0.05, 0) is 87.4 Å². The second kappa shape index (κ2) is 5.55. The lowest BCUT2D eigenvalue weighted by Gasteiger charge is -2.59. The van der Waals surface area contributed by atoms with Gasteiger partial charge in [-0.2, -0.15) is 0 Å². The van der Waals surface area contributed by atoms with Crippen LogP contribution in [0.15, 0.2) is 0 Å². The lowest BCUT2D eigenvalue weighted by atomic mass is 9.48. The molecule has 5 aliphatic rings. The van der Waals surface area contributed by atoms with Crippen molar-refractivity contribution < 1.29 is 0 Å². The highest BCUT2D eigenvalue weighted by Gasteiger charge is 2.53. The molecule has 0 aromatic heterocycles. The summed E-state index contributed by atoms with van der Waals surface area (Å²) in [6.45, 7) is 4.95. The molecule has 4 bridgehead atoms. The third kappa shape index (κ3) is 2.58. The van der Waals surface area contributed by atoms with Crippen molar-refractivity contribution in [3.05, 3.63) is 0 Å². The molecule has 1 N–H and O–H groups in total. The lowest BCUT2D eigenvalue weighted by molar-refractivity contribution is -0.0739. The Hall–Kier alpha value is -0.0400. The summed E-state index contributed by atoms with van der Waals surface area (Å²) in [6, 6.07) is 1.59. The zero-order chi connectivity index (χ0) is 14.4. The molecule has 0 amide bonds. The lowest BCUT2D eigenvalue weighted by Crippen LogP contribution is -2.57. The number of rotatable bonds is 4. The Morgan fingerprint density at radius 1 is 0.952 bits per heavy atom. The van der Waals surface area contributed by atoms with Crippen LogP contribution in [-0.2, 0) is 0 Å². The van der Waals surface area contributed by atoms with Gasteiger partial charge in [-0.1, -0.05) is 26.2 Å². The van der Waals surface area contributed by atoms with Gasteiger partial charge in [-0.15, -0.1) is 0 Å². The molecular weight excluding hydrogens is 254 g/mol. The fourth-order valence-corrected chi connectivity index (χ4v) is 7.12. The molecule has 120 valence electrons. The summed E-state index contributed by atoms with van der Waals surface area (Å²) in [6.07, 6.45) is 16.6. The highest BCUT2D eigenvalue weighted by atomic mass is 15.0. The van der Waals surface area contributed by atoms with E-state index in [0.717, 1.165) is 35.8 Å². The minimum atomic E-state index is 0.685. The molecule has 5 aliphatic carbocycles. The van der Waals surface area contributed by atoms with Crippen LogP contribution in [0.25, 0.3) is 0 Å². The molecule has 0 aliphatic heterocycles. The summed E-state index contributed by atoms with van der Waals surface area (Å²) in [4.78, 5) is 0. The standard InChI is InChI=1S/C20H35N/c1-3-18-6-4-5-7-19(18)21-14(2)20-11-15-8-16(12-20)10-17(9-15)13-20/h14-19,21H,3-13H2,1-2H3. The zero-order valence-electron chi connectivity index (χ0n) is 14.2. The normalized spacial score (nSPS) is 50.3. The summed E-state index contributed by atoms with van der Waals surface area (Å²) in [7, 11) is 0. The van der Waals surface area contributed by atoms with E-state index in [-0.39, 0.29) is 0 Å². The van der Waals surface area contributed by atoms with Crippen LogP contribution in [-0.4, -0.2) is 12.1 Å². The highest BCUT2D eigenvalue weighted by Crippen LogP contribution is 2.61. The van der Waals surface area contributed by atoms with E-state index >= 15 is 0 Å². The molecule has 3 atom stereocenters. The first-order valence-corrected chi connectivity index (χ1v) is 9.94. The quantitative estimate of drug-likeness (QED) is 0.754. The molecule has 0 radical (unpaired) electrons. The zero-order valence-corrected chi connectivity index (χ0v) is 14.2. The van der Waals surface area contributed by atoms with Crippen molar-refractivity contribution in [2.45, 2.75) is 96.6 Å². The van der Waals surface area contributed by atoms with E-state index in [1.165, 1.54) is 32.1 Å². The number of nitrogens with one attached hydrogen (secondary N) is 1. The predicted molar refractivity (Wildman–Crippen MR) is 89.2 cm³/mol. The summed E-state index contributed by atoms with van der Waals surface area (Å²) < 4.78 is 0. The molecular formula is C20H35N. The molecule has 5 rings (SSSR count). The number of hydrogen-bond acceptors (Lipinski definition) is 1. The van der Waals surface area contributed by atoms with Gasteiger partial charge in [-0.3, -0.25) is 0 Å². The third-order valence-corrected chi connectivity index (χ3v) is 7.90. The minimum Gasteiger partial charge on any atom is -0.311 e. The van der Waals surface area contributed by atoms with Crippen molar-refractivity contribution in [3.63, 3.8) is 0 Å². The smallest absolute Gasteiger partial charge is 0.00982 e. The van der Waals surface area contributed by atoms with Crippen LogP contribution >= 0.6 is 0 Å². The Balaban J connectivity index is 1.45. The van der Waals surface area contributed by atoms with E-state index in [1.54, 1.807) is 38.5 Å². The Kier molecular flexibility index (Phi) is 3.84. The van der Waals surface area contributed by atoms with Crippen molar-refractivity contribution in [1.82, 2.24) is 5.32 Å². The van der Waals surface area contributed by atoms with Crippen LogP contribution in [0.1, 0.15) is 84.5 Å². The van der Waals surface area contributed by atoms with Crippen molar-refractivity contribution in [2.75, 3.05) is 0 Å². The number of hydrogen-bond donors (Lipinski definition) is 1. The van der Waals surface area contributed by atoms with Gasteiger partial charge < -0.3 is 5.32 Å². The van der Waals surface area contributed by atoms with Gasteiger partial charge in [0.2, 0.25) is 0 Å². The Bertz CT molecular complexity index is 339. The van der Waals surface area contributed by atoms with Crippen molar-refractivity contribution in [1.29, 1.82) is 0 Å². The fourth-order valence-electron chi connectivity index (χ4n) is 7.12. The first-order valence-electron chi connectivity index (χ1n) is 9.94. The molecule has 21 heavy (non-hydrogen) atoms. The van der Waals surface area contributed by atoms with Crippen LogP contribution < -0.4 is 5.32 Å². The van der Waals surface area contributed by atoms with E-state index in [2.05, 4.69) is 19.2 Å². The Labute approximate surface area is 131 Å². The summed E-state index contributed by atoms with van der Waals surface area (Å²) in [5.74, 6) is 4.23. The fraction of sp³-hybridized carbons (Fsp3) is 1.00. The van der Waals surface area contributed by atoms with Crippen LogP contribution in [0.3, 0.4) is 0 Å². The van der Waals surface area contributed by atoms with Gasteiger partial charge in [0.25, 0.3) is 0 Å². The highest BCUT2D eigenvalue weighted by molar-refractivity contribution is 5.05. The summed E-state index contributed by atoms with van der Waals surface area (Å²) in [5, 5.41) is 4.18. The van der Waals surface area contributed by atoms with Crippen LogP contribution in [0.2, 0.25) is 0 Å². The molecule has 0 spiro atoms. The second-order valence-corrected chi connectivity index (χ2v) is 9.23. The van der Waals surface area contributed by atoms with E-state index in [9.17, 15) is 0 Å². The van der Waals surface area contributed by atoms with Gasteiger partial charge in [0.1, 0.15) is 0 Å². The minimum absolute atomic E-state index is 0.685. The molecule has 0 heterocycles. The summed E-state index contributed by atoms with van der Waals surface area (Å²) in [5.41, 5.74) is 0.685. The van der Waals surface area contributed by atoms with Crippen molar-refractivity contribution in [2.24, 2.45) is 29.1 Å². The van der Waals surface area contributed by atoms with Crippen molar-refractivity contribution in [3.8, 4) is 0 Å². The van der Waals surface area contributed by atoms with Crippen LogP contribution in [0, 0.1) is 29.1 Å². The van der Waals surface area contributed by atoms with E-state index < -0.39 is 0 Å². The van der Waals surface area contributed by atoms with Gasteiger partial charge in [0.05, 0.1) is 0 Å². The van der Waals surface area contributed by atoms with Gasteiger partial charge in [0.15, 0.2) is 0 Å². The Morgan fingerprint density at radius 2 is 1.52 bits per heavy atom. The monoisotopic (exact) mass is 289 g/mol. The SMILES string of the molecule is CCC1CCCCC1NC(C)C12CC3CC(CC(C3)C1)C2. The van der Waals surface area contributed by atoms with E-state index in [1.807, 2.05) is 0 Å². The van der Waals surface area contributed by atoms with Crippen LogP contribution in [0.4, 0.5) is 0 Å². The van der Waals surface area contributed by atoms with Gasteiger partial charge >= 0.3 is 0 Å². The first-order chi connectivity index (χ1) is 10.2. The van der Waals surface area contributed by atoms with Gasteiger partial charge in [0, 0.05) is 12.1 Å². The average Bonchev–Trinajstić information content (AvgIpc) is 2.46. The molecule has 1 nitrogen and oxygen atoms in total. The first kappa shape index (κ1) is 14.5. The Morgan fingerprint density at radius 3 is 2.10 bits per heavy atom. The molecule has 0 saturated heterocycles. The van der Waals surface area contributed by atoms with Crippen LogP contribution in [0.5, 0.6) is 0 Å². The topological polar surface area (TPSA) is 12.0 Å². The second-order valence-electron chi connectivity index (χ2n) is 9.23. The predicted octanol–water partition coefficient (Wildman–Crippen LogP) is 5.15. The van der Waals surface area contributed by atoms with Crippen molar-refractivity contribution >= 4 is 0 Å². The van der Waals surface area contributed by atoms with Gasteiger partial charge in [-0.25, -0.2) is 0 Å². The molecule has 5 saturated carbocycles. The largest absolute Gasteiger partial charge is 0.311 e. The van der Waals surface area contributed by atoms with E-state index in [0.29, 0.717) is 5.41 Å². The molecule has 0 aromatic rings. The van der Waals surface area contributed by atoms with E-state index in [4.69, 9.17) is 0 Å². The maximum absolute atomic E-state index is 4.18. The third-order valence-electron chi connectivity index (χ3n) is 7.90. The molecule has 0 aromatic carbocycles. The molecule has 1 heteroatoms. The maximum Gasteiger partial charge on any atom is 0.00982 e. The molecule has 5 fully saturated rings. The summed E-state index contributed by atoms with van der Waals surface area (Å²) >= 11 is 0. The average molecular weight is 290 g/mol. The maximum atomic E-state index is 4.18. The molecule has 3 unspecified atom stereocenters.